The van der Waals surface area contributed by atoms with Crippen LogP contribution in [0.25, 0.3) is 22.2 Å². The molecule has 0 radical (unpaired) electrons. The van der Waals surface area contributed by atoms with Crippen LogP contribution in [0.5, 0.6) is 5.75 Å². The van der Waals surface area contributed by atoms with E-state index in [2.05, 4.69) is 15.1 Å². The highest BCUT2D eigenvalue weighted by Gasteiger charge is 2.11. The number of thiazole rings is 1. The smallest absolute Gasteiger partial charge is 0.269 e. The number of benzene rings is 1. The number of rotatable bonds is 2. The van der Waals surface area contributed by atoms with Crippen LogP contribution < -0.4 is 0 Å². The van der Waals surface area contributed by atoms with Crippen molar-refractivity contribution in [1.29, 1.82) is 0 Å². The van der Waals surface area contributed by atoms with Gasteiger partial charge in [-0.2, -0.15) is 4.98 Å². The van der Waals surface area contributed by atoms with E-state index in [1.807, 2.05) is 0 Å². The largest absolute Gasteiger partial charge is 0.508 e. The molecule has 0 bridgehead atoms. The fraction of sp³-hybridized carbons (Fsp3) is 0. The third kappa shape index (κ3) is 1.90. The molecule has 0 amide bonds. The molecule has 84 valence electrons. The van der Waals surface area contributed by atoms with Gasteiger partial charge in [0.05, 0.1) is 11.7 Å². The Bertz CT molecular complexity index is 634. The fourth-order valence-corrected chi connectivity index (χ4v) is 1.95. The third-order valence-corrected chi connectivity index (χ3v) is 2.93. The molecule has 0 unspecified atom stereocenters. The SMILES string of the molecule is Oc1cccc(-c2noc(-c3cncs3)n2)c1. The van der Waals surface area contributed by atoms with Gasteiger partial charge in [0.1, 0.15) is 10.6 Å². The number of aromatic nitrogens is 3. The summed E-state index contributed by atoms with van der Waals surface area (Å²) in [6, 6.07) is 6.71. The maximum Gasteiger partial charge on any atom is 0.269 e. The van der Waals surface area contributed by atoms with E-state index < -0.39 is 0 Å². The Balaban J connectivity index is 2.01. The molecule has 2 aromatic heterocycles. The minimum Gasteiger partial charge on any atom is -0.508 e. The lowest BCUT2D eigenvalue weighted by molar-refractivity contribution is 0.433. The van der Waals surface area contributed by atoms with Crippen molar-refractivity contribution in [1.82, 2.24) is 15.1 Å². The first-order chi connectivity index (χ1) is 8.33. The van der Waals surface area contributed by atoms with E-state index in [0.717, 1.165) is 4.88 Å². The molecule has 1 N–H and O–H groups in total. The highest BCUT2D eigenvalue weighted by atomic mass is 32.1. The van der Waals surface area contributed by atoms with Gasteiger partial charge in [-0.15, -0.1) is 11.3 Å². The van der Waals surface area contributed by atoms with Crippen LogP contribution in [0.4, 0.5) is 0 Å². The second kappa shape index (κ2) is 3.99. The van der Waals surface area contributed by atoms with Crippen LogP contribution in [-0.2, 0) is 0 Å². The van der Waals surface area contributed by atoms with Crippen LogP contribution in [0.15, 0.2) is 40.5 Å². The van der Waals surface area contributed by atoms with Gasteiger partial charge in [-0.3, -0.25) is 4.98 Å². The van der Waals surface area contributed by atoms with Crippen molar-refractivity contribution in [2.75, 3.05) is 0 Å². The van der Waals surface area contributed by atoms with Crippen LogP contribution in [0, 0.1) is 0 Å². The van der Waals surface area contributed by atoms with Gasteiger partial charge in [0.15, 0.2) is 0 Å². The van der Waals surface area contributed by atoms with Crippen molar-refractivity contribution in [3.8, 4) is 27.9 Å². The van der Waals surface area contributed by atoms with Gasteiger partial charge in [0.2, 0.25) is 5.82 Å². The summed E-state index contributed by atoms with van der Waals surface area (Å²) < 4.78 is 5.13. The van der Waals surface area contributed by atoms with E-state index in [1.54, 1.807) is 36.0 Å². The summed E-state index contributed by atoms with van der Waals surface area (Å²) in [6.45, 7) is 0. The van der Waals surface area contributed by atoms with Crippen LogP contribution in [0.3, 0.4) is 0 Å². The zero-order valence-electron chi connectivity index (χ0n) is 8.57. The van der Waals surface area contributed by atoms with Gasteiger partial charge in [-0.1, -0.05) is 17.3 Å². The second-order valence-corrected chi connectivity index (χ2v) is 4.23. The number of hydrogen-bond donors (Lipinski definition) is 1. The van der Waals surface area contributed by atoms with Gasteiger partial charge in [-0.25, -0.2) is 0 Å². The zero-order valence-corrected chi connectivity index (χ0v) is 9.39. The highest BCUT2D eigenvalue weighted by Crippen LogP contribution is 2.25. The Hall–Kier alpha value is -2.21. The van der Waals surface area contributed by atoms with E-state index in [9.17, 15) is 5.11 Å². The zero-order chi connectivity index (χ0) is 11.7. The first kappa shape index (κ1) is 9.98. The quantitative estimate of drug-likeness (QED) is 0.751. The molecule has 0 spiro atoms. The predicted molar refractivity (Wildman–Crippen MR) is 62.5 cm³/mol. The van der Waals surface area contributed by atoms with Crippen molar-refractivity contribution in [2.45, 2.75) is 0 Å². The van der Waals surface area contributed by atoms with Crippen LogP contribution in [0.2, 0.25) is 0 Å². The summed E-state index contributed by atoms with van der Waals surface area (Å²) in [5.41, 5.74) is 2.41. The van der Waals surface area contributed by atoms with Crippen LogP contribution >= 0.6 is 11.3 Å². The maximum absolute atomic E-state index is 9.37. The van der Waals surface area contributed by atoms with Crippen molar-refractivity contribution in [2.24, 2.45) is 0 Å². The van der Waals surface area contributed by atoms with Crippen molar-refractivity contribution < 1.29 is 9.63 Å². The molecule has 2 heterocycles. The Morgan fingerprint density at radius 1 is 1.29 bits per heavy atom. The second-order valence-electron chi connectivity index (χ2n) is 3.34. The molecule has 0 saturated carbocycles. The number of phenols is 1. The van der Waals surface area contributed by atoms with Gasteiger partial charge in [-0.05, 0) is 12.1 Å². The number of phenolic OH excluding ortho intramolecular Hbond substituents is 1. The van der Waals surface area contributed by atoms with Crippen molar-refractivity contribution in [3.63, 3.8) is 0 Å². The number of hydrogen-bond acceptors (Lipinski definition) is 6. The third-order valence-electron chi connectivity index (χ3n) is 2.17. The topological polar surface area (TPSA) is 72.0 Å². The molecule has 1 aromatic carbocycles. The summed E-state index contributed by atoms with van der Waals surface area (Å²) in [5.74, 6) is 1.06. The summed E-state index contributed by atoms with van der Waals surface area (Å²) in [6.07, 6.45) is 1.67. The predicted octanol–water partition coefficient (Wildman–Crippen LogP) is 2.57. The molecule has 6 heteroatoms. The summed E-state index contributed by atoms with van der Waals surface area (Å²) >= 11 is 1.43. The molecule has 3 rings (SSSR count). The first-order valence-corrected chi connectivity index (χ1v) is 5.73. The van der Waals surface area contributed by atoms with Gasteiger partial charge in [0, 0.05) is 5.56 Å². The molecule has 0 atom stereocenters. The molecule has 17 heavy (non-hydrogen) atoms. The summed E-state index contributed by atoms with van der Waals surface area (Å²) in [4.78, 5) is 9.01. The molecule has 0 saturated heterocycles. The van der Waals surface area contributed by atoms with E-state index in [0.29, 0.717) is 17.3 Å². The average Bonchev–Trinajstić information content (AvgIpc) is 3.00. The summed E-state index contributed by atoms with van der Waals surface area (Å²) in [7, 11) is 0. The van der Waals surface area contributed by atoms with E-state index in [-0.39, 0.29) is 5.75 Å². The maximum atomic E-state index is 9.37. The Morgan fingerprint density at radius 3 is 3.00 bits per heavy atom. The lowest BCUT2D eigenvalue weighted by Crippen LogP contribution is -1.79. The average molecular weight is 245 g/mol. The molecule has 0 fully saturated rings. The van der Waals surface area contributed by atoms with Crippen LogP contribution in [-0.4, -0.2) is 20.2 Å². The molecular weight excluding hydrogens is 238 g/mol. The number of nitrogens with zero attached hydrogens (tertiary/aromatic N) is 3. The van der Waals surface area contributed by atoms with Crippen LogP contribution in [0.1, 0.15) is 0 Å². The minimum atomic E-state index is 0.173. The minimum absolute atomic E-state index is 0.173. The van der Waals surface area contributed by atoms with Gasteiger partial charge >= 0.3 is 0 Å². The van der Waals surface area contributed by atoms with Crippen molar-refractivity contribution in [3.05, 3.63) is 36.0 Å². The molecule has 5 nitrogen and oxygen atoms in total. The Morgan fingerprint density at radius 2 is 2.24 bits per heavy atom. The van der Waals surface area contributed by atoms with E-state index >= 15 is 0 Å². The Kier molecular flexibility index (Phi) is 2.34. The first-order valence-electron chi connectivity index (χ1n) is 4.85. The normalized spacial score (nSPS) is 10.6. The van der Waals surface area contributed by atoms with E-state index in [4.69, 9.17) is 4.52 Å². The van der Waals surface area contributed by atoms with E-state index in [1.165, 1.54) is 11.3 Å². The Labute approximate surface area is 100 Å². The lowest BCUT2D eigenvalue weighted by Gasteiger charge is -1.94. The fourth-order valence-electron chi connectivity index (χ4n) is 1.41. The van der Waals surface area contributed by atoms with Crippen molar-refractivity contribution >= 4 is 11.3 Å². The highest BCUT2D eigenvalue weighted by molar-refractivity contribution is 7.13. The molecule has 0 aliphatic heterocycles. The molecule has 0 aliphatic carbocycles. The van der Waals surface area contributed by atoms with Gasteiger partial charge < -0.3 is 9.63 Å². The standard InChI is InChI=1S/C11H7N3O2S/c15-8-3-1-2-7(4-8)10-13-11(16-14-10)9-5-12-6-17-9/h1-6,15H. The molecule has 0 aliphatic rings. The summed E-state index contributed by atoms with van der Waals surface area (Å²) in [5, 5.41) is 13.2. The molecule has 3 aromatic rings. The number of aromatic hydroxyl groups is 1. The molecular formula is C11H7N3O2S. The lowest BCUT2D eigenvalue weighted by atomic mass is 10.2. The van der Waals surface area contributed by atoms with Gasteiger partial charge in [0.25, 0.3) is 5.89 Å². The monoisotopic (exact) mass is 245 g/mol.